The first kappa shape index (κ1) is 22.9. The number of fused-ring (bicyclic) bond motifs is 3. The summed E-state index contributed by atoms with van der Waals surface area (Å²) >= 11 is 0. The average Bonchev–Trinajstić information content (AvgIpc) is 3.22. The van der Waals surface area contributed by atoms with E-state index in [1.165, 1.54) is 11.2 Å². The van der Waals surface area contributed by atoms with E-state index in [-0.39, 0.29) is 25.0 Å². The van der Waals surface area contributed by atoms with Gasteiger partial charge in [-0.25, -0.2) is 0 Å². The summed E-state index contributed by atoms with van der Waals surface area (Å²) < 4.78 is 7.72. The first-order valence-corrected chi connectivity index (χ1v) is 12.1. The van der Waals surface area contributed by atoms with Crippen LogP contribution in [0, 0.1) is 0 Å². The Morgan fingerprint density at radius 3 is 2.31 bits per heavy atom. The molecule has 0 aliphatic carbocycles. The molecule has 0 atom stereocenters. The minimum atomic E-state index is -0.273. The SMILES string of the molecule is CCn1c2ccccc2c2cc(NC(=O)COCC(=O)N3CCN(c4ccccc4)CC3)ccc21. The second-order valence-electron chi connectivity index (χ2n) is 8.74. The maximum Gasteiger partial charge on any atom is 0.250 e. The van der Waals surface area contributed by atoms with E-state index in [4.69, 9.17) is 4.74 Å². The Morgan fingerprint density at radius 1 is 0.829 bits per heavy atom. The third kappa shape index (κ3) is 4.86. The zero-order valence-electron chi connectivity index (χ0n) is 19.9. The molecule has 4 aromatic rings. The lowest BCUT2D eigenvalue weighted by atomic mass is 10.1. The van der Waals surface area contributed by atoms with Crippen LogP contribution in [0.1, 0.15) is 6.92 Å². The van der Waals surface area contributed by atoms with Crippen LogP contribution in [0.3, 0.4) is 0 Å². The van der Waals surface area contributed by atoms with Crippen LogP contribution in [-0.4, -0.2) is 60.7 Å². The van der Waals surface area contributed by atoms with Crippen molar-refractivity contribution < 1.29 is 14.3 Å². The van der Waals surface area contributed by atoms with Crippen molar-refractivity contribution in [2.45, 2.75) is 13.5 Å². The number of aromatic nitrogens is 1. The molecule has 0 spiro atoms. The number of hydrogen-bond donors (Lipinski definition) is 1. The molecule has 1 aliphatic heterocycles. The van der Waals surface area contributed by atoms with E-state index in [2.05, 4.69) is 46.0 Å². The molecule has 1 saturated heterocycles. The topological polar surface area (TPSA) is 66.8 Å². The summed E-state index contributed by atoms with van der Waals surface area (Å²) in [5.74, 6) is -0.357. The number of nitrogens with zero attached hydrogens (tertiary/aromatic N) is 3. The van der Waals surface area contributed by atoms with E-state index >= 15 is 0 Å². The highest BCUT2D eigenvalue weighted by atomic mass is 16.5. The monoisotopic (exact) mass is 470 g/mol. The van der Waals surface area contributed by atoms with E-state index in [0.29, 0.717) is 18.8 Å². The van der Waals surface area contributed by atoms with Crippen molar-refractivity contribution in [3.05, 3.63) is 72.8 Å². The number of benzene rings is 3. The molecule has 2 heterocycles. The van der Waals surface area contributed by atoms with Gasteiger partial charge in [0.2, 0.25) is 11.8 Å². The quantitative estimate of drug-likeness (QED) is 0.441. The van der Waals surface area contributed by atoms with Crippen LogP contribution >= 0.6 is 0 Å². The van der Waals surface area contributed by atoms with Gasteiger partial charge in [0.05, 0.1) is 0 Å². The molecule has 7 heteroatoms. The Kier molecular flexibility index (Phi) is 6.68. The van der Waals surface area contributed by atoms with Crippen LogP contribution in [0.4, 0.5) is 11.4 Å². The van der Waals surface area contributed by atoms with Crippen LogP contribution in [-0.2, 0) is 20.9 Å². The number of ether oxygens (including phenoxy) is 1. The third-order valence-corrected chi connectivity index (χ3v) is 6.58. The van der Waals surface area contributed by atoms with Gasteiger partial charge in [-0.2, -0.15) is 0 Å². The number of amides is 2. The second-order valence-corrected chi connectivity index (χ2v) is 8.74. The van der Waals surface area contributed by atoms with Crippen molar-refractivity contribution in [3.63, 3.8) is 0 Å². The highest BCUT2D eigenvalue weighted by molar-refractivity contribution is 6.09. The molecular weight excluding hydrogens is 440 g/mol. The third-order valence-electron chi connectivity index (χ3n) is 6.58. The Bertz CT molecular complexity index is 1340. The number of para-hydroxylation sites is 2. The largest absolute Gasteiger partial charge is 0.368 e. The fourth-order valence-corrected chi connectivity index (χ4v) is 4.84. The van der Waals surface area contributed by atoms with E-state index < -0.39 is 0 Å². The van der Waals surface area contributed by atoms with Crippen LogP contribution < -0.4 is 10.2 Å². The average molecular weight is 471 g/mol. The molecule has 180 valence electrons. The number of hydrogen-bond acceptors (Lipinski definition) is 4. The van der Waals surface area contributed by atoms with Crippen LogP contribution in [0.5, 0.6) is 0 Å². The van der Waals surface area contributed by atoms with Crippen LogP contribution in [0.2, 0.25) is 0 Å². The van der Waals surface area contributed by atoms with Crippen LogP contribution in [0.25, 0.3) is 21.8 Å². The van der Waals surface area contributed by atoms with Gasteiger partial charge in [-0.3, -0.25) is 9.59 Å². The fraction of sp³-hybridized carbons (Fsp3) is 0.286. The summed E-state index contributed by atoms with van der Waals surface area (Å²) in [7, 11) is 0. The Hall–Kier alpha value is -3.84. The lowest BCUT2D eigenvalue weighted by molar-refractivity contribution is -0.137. The van der Waals surface area contributed by atoms with Gasteiger partial charge >= 0.3 is 0 Å². The molecule has 2 amide bonds. The molecular formula is C28H30N4O3. The molecule has 1 aromatic heterocycles. The van der Waals surface area contributed by atoms with Gasteiger partial charge in [0.15, 0.2) is 0 Å². The summed E-state index contributed by atoms with van der Waals surface area (Å²) in [6.45, 7) is 5.61. The van der Waals surface area contributed by atoms with Crippen molar-refractivity contribution in [3.8, 4) is 0 Å². The van der Waals surface area contributed by atoms with Gasteiger partial charge in [0.25, 0.3) is 0 Å². The fourth-order valence-electron chi connectivity index (χ4n) is 4.84. The lowest BCUT2D eigenvalue weighted by Gasteiger charge is -2.36. The number of rotatable bonds is 7. The van der Waals surface area contributed by atoms with E-state index in [1.807, 2.05) is 48.5 Å². The summed E-state index contributed by atoms with van der Waals surface area (Å²) in [6, 6.07) is 24.4. The zero-order valence-corrected chi connectivity index (χ0v) is 19.9. The minimum Gasteiger partial charge on any atom is -0.368 e. The number of anilines is 2. The molecule has 0 bridgehead atoms. The molecule has 1 N–H and O–H groups in total. The smallest absolute Gasteiger partial charge is 0.250 e. The molecule has 0 radical (unpaired) electrons. The van der Waals surface area contributed by atoms with Gasteiger partial charge in [0, 0.05) is 65.9 Å². The standard InChI is InChI=1S/C28H30N4O3/c1-2-32-25-11-7-6-10-23(25)24-18-21(12-13-26(24)32)29-27(33)19-35-20-28(34)31-16-14-30(15-17-31)22-8-4-3-5-9-22/h3-13,18H,2,14-17,19-20H2,1H3,(H,29,33). The molecule has 35 heavy (non-hydrogen) atoms. The molecule has 1 aliphatic rings. The Morgan fingerprint density at radius 2 is 1.54 bits per heavy atom. The number of carbonyl (C=O) groups is 2. The first-order valence-electron chi connectivity index (χ1n) is 12.1. The summed E-state index contributed by atoms with van der Waals surface area (Å²) in [5, 5.41) is 5.16. The highest BCUT2D eigenvalue weighted by Gasteiger charge is 2.21. The molecule has 5 rings (SSSR count). The van der Waals surface area contributed by atoms with Gasteiger partial charge in [-0.15, -0.1) is 0 Å². The molecule has 1 fully saturated rings. The number of carbonyl (C=O) groups excluding carboxylic acids is 2. The molecule has 0 saturated carbocycles. The van der Waals surface area contributed by atoms with Crippen LogP contribution in [0.15, 0.2) is 72.8 Å². The van der Waals surface area contributed by atoms with Gasteiger partial charge in [-0.05, 0) is 43.3 Å². The van der Waals surface area contributed by atoms with Gasteiger partial charge in [-0.1, -0.05) is 36.4 Å². The predicted octanol–water partition coefficient (Wildman–Crippen LogP) is 4.12. The first-order chi connectivity index (χ1) is 17.1. The molecule has 3 aromatic carbocycles. The number of piperazine rings is 1. The van der Waals surface area contributed by atoms with Crippen molar-refractivity contribution in [2.24, 2.45) is 0 Å². The Labute approximate surface area is 204 Å². The van der Waals surface area contributed by atoms with Crippen molar-refractivity contribution in [2.75, 3.05) is 49.6 Å². The van der Waals surface area contributed by atoms with Gasteiger partial charge < -0.3 is 24.4 Å². The number of nitrogens with one attached hydrogen (secondary N) is 1. The summed E-state index contributed by atoms with van der Waals surface area (Å²) in [4.78, 5) is 29.1. The van der Waals surface area contributed by atoms with E-state index in [1.54, 1.807) is 4.90 Å². The molecule has 7 nitrogen and oxygen atoms in total. The number of aryl methyl sites for hydroxylation is 1. The lowest BCUT2D eigenvalue weighted by Crippen LogP contribution is -2.49. The maximum atomic E-state index is 12.5. The van der Waals surface area contributed by atoms with Gasteiger partial charge in [0.1, 0.15) is 13.2 Å². The highest BCUT2D eigenvalue weighted by Crippen LogP contribution is 2.31. The zero-order chi connectivity index (χ0) is 24.2. The van der Waals surface area contributed by atoms with Crippen molar-refractivity contribution >= 4 is 45.0 Å². The van der Waals surface area contributed by atoms with E-state index in [0.717, 1.165) is 35.9 Å². The van der Waals surface area contributed by atoms with E-state index in [9.17, 15) is 9.59 Å². The summed E-state index contributed by atoms with van der Waals surface area (Å²) in [6.07, 6.45) is 0. The molecule has 0 unspecified atom stereocenters. The Balaban J connectivity index is 1.12. The van der Waals surface area contributed by atoms with Crippen molar-refractivity contribution in [1.82, 2.24) is 9.47 Å². The van der Waals surface area contributed by atoms with Crippen molar-refractivity contribution in [1.29, 1.82) is 0 Å². The summed E-state index contributed by atoms with van der Waals surface area (Å²) in [5.41, 5.74) is 4.21. The minimum absolute atomic E-state index is 0.0840. The predicted molar refractivity (Wildman–Crippen MR) is 140 cm³/mol. The maximum absolute atomic E-state index is 12.5. The normalized spacial score (nSPS) is 14.0. The second kappa shape index (κ2) is 10.2.